The van der Waals surface area contributed by atoms with E-state index in [-0.39, 0.29) is 17.9 Å². The summed E-state index contributed by atoms with van der Waals surface area (Å²) in [6.45, 7) is 4.36. The topological polar surface area (TPSA) is 49.4 Å². The molecule has 4 nitrogen and oxygen atoms in total. The summed E-state index contributed by atoms with van der Waals surface area (Å²) in [5.74, 6) is -0.0186. The number of benzene rings is 2. The predicted octanol–water partition coefficient (Wildman–Crippen LogP) is 4.79. The summed E-state index contributed by atoms with van der Waals surface area (Å²) in [5, 5.41) is 3.26. The molecule has 1 aliphatic rings. The molecule has 2 aromatic rings. The maximum Gasteiger partial charge on any atom is 0.243 e. The van der Waals surface area contributed by atoms with E-state index in [0.29, 0.717) is 19.4 Å². The van der Waals surface area contributed by atoms with Gasteiger partial charge in [0.1, 0.15) is 6.04 Å². The highest BCUT2D eigenvalue weighted by Crippen LogP contribution is 2.20. The van der Waals surface area contributed by atoms with Crippen molar-refractivity contribution in [3.63, 3.8) is 0 Å². The molecule has 1 unspecified atom stereocenters. The Kier molecular flexibility index (Phi) is 8.06. The number of amides is 2. The molecule has 1 aliphatic carbocycles. The molecule has 0 spiro atoms. The lowest BCUT2D eigenvalue weighted by Gasteiger charge is -2.33. The zero-order valence-corrected chi connectivity index (χ0v) is 18.3. The number of hydrogen-bond donors (Lipinski definition) is 1. The summed E-state index contributed by atoms with van der Waals surface area (Å²) < 4.78 is 0. The van der Waals surface area contributed by atoms with Crippen molar-refractivity contribution in [3.05, 3.63) is 71.3 Å². The summed E-state index contributed by atoms with van der Waals surface area (Å²) in [5.41, 5.74) is 3.30. The van der Waals surface area contributed by atoms with Crippen LogP contribution in [0.4, 0.5) is 0 Å². The van der Waals surface area contributed by atoms with Crippen molar-refractivity contribution < 1.29 is 9.59 Å². The van der Waals surface area contributed by atoms with E-state index in [1.165, 1.54) is 12.0 Å². The van der Waals surface area contributed by atoms with Crippen molar-refractivity contribution in [2.75, 3.05) is 0 Å². The van der Waals surface area contributed by atoms with Crippen LogP contribution in [-0.2, 0) is 22.6 Å². The second-order valence-corrected chi connectivity index (χ2v) is 8.41. The number of hydrogen-bond acceptors (Lipinski definition) is 2. The van der Waals surface area contributed by atoms with Gasteiger partial charge in [0, 0.05) is 25.4 Å². The maximum absolute atomic E-state index is 13.4. The second-order valence-electron chi connectivity index (χ2n) is 8.41. The number of carbonyl (C=O) groups excluding carboxylic acids is 2. The third-order valence-corrected chi connectivity index (χ3v) is 6.00. The highest BCUT2D eigenvalue weighted by molar-refractivity contribution is 5.88. The first-order valence-electron chi connectivity index (χ1n) is 11.3. The zero-order chi connectivity index (χ0) is 21.3. The molecule has 4 heteroatoms. The molecule has 0 saturated heterocycles. The summed E-state index contributed by atoms with van der Waals surface area (Å²) >= 11 is 0. The van der Waals surface area contributed by atoms with Gasteiger partial charge in [-0.25, -0.2) is 0 Å². The first kappa shape index (κ1) is 22.1. The van der Waals surface area contributed by atoms with E-state index >= 15 is 0 Å². The Morgan fingerprint density at radius 1 is 0.967 bits per heavy atom. The normalized spacial score (nSPS) is 15.4. The van der Waals surface area contributed by atoms with Crippen molar-refractivity contribution in [2.45, 2.75) is 77.4 Å². The molecule has 1 N–H and O–H groups in total. The fraction of sp³-hybridized carbons (Fsp3) is 0.462. The molecule has 1 atom stereocenters. The Morgan fingerprint density at radius 2 is 1.63 bits per heavy atom. The smallest absolute Gasteiger partial charge is 0.243 e. The number of aryl methyl sites for hydroxylation is 1. The monoisotopic (exact) mass is 406 g/mol. The van der Waals surface area contributed by atoms with E-state index in [2.05, 4.69) is 24.4 Å². The van der Waals surface area contributed by atoms with Gasteiger partial charge in [-0.1, -0.05) is 86.3 Å². The Balaban J connectivity index is 1.85. The van der Waals surface area contributed by atoms with E-state index in [1.807, 2.05) is 49.4 Å². The fourth-order valence-electron chi connectivity index (χ4n) is 4.19. The summed E-state index contributed by atoms with van der Waals surface area (Å²) in [6.07, 6.45) is 6.54. The highest BCUT2D eigenvalue weighted by atomic mass is 16.2. The molecular weight excluding hydrogens is 372 g/mol. The lowest BCUT2D eigenvalue weighted by Crippen LogP contribution is -2.52. The molecule has 2 amide bonds. The van der Waals surface area contributed by atoms with Gasteiger partial charge in [0.2, 0.25) is 11.8 Å². The van der Waals surface area contributed by atoms with E-state index in [1.54, 1.807) is 4.90 Å². The van der Waals surface area contributed by atoms with Crippen LogP contribution in [0.2, 0.25) is 0 Å². The van der Waals surface area contributed by atoms with Gasteiger partial charge in [0.25, 0.3) is 0 Å². The van der Waals surface area contributed by atoms with Crippen LogP contribution in [-0.4, -0.2) is 28.8 Å². The number of nitrogens with zero attached hydrogens (tertiary/aromatic N) is 1. The minimum absolute atomic E-state index is 0.00954. The van der Waals surface area contributed by atoms with E-state index in [4.69, 9.17) is 0 Å². The Morgan fingerprint density at radius 3 is 2.27 bits per heavy atom. The Labute approximate surface area is 180 Å². The Bertz CT molecular complexity index is 811. The van der Waals surface area contributed by atoms with Crippen LogP contribution in [0.25, 0.3) is 0 Å². The molecule has 0 radical (unpaired) electrons. The van der Waals surface area contributed by atoms with Crippen molar-refractivity contribution in [1.82, 2.24) is 10.2 Å². The SMILES string of the molecule is CCC(=O)N(Cc1ccc(C)cc1)C(Cc1ccccc1)C(=O)NC1CCCCC1. The molecule has 0 heterocycles. The van der Waals surface area contributed by atoms with E-state index in [9.17, 15) is 9.59 Å². The highest BCUT2D eigenvalue weighted by Gasteiger charge is 2.31. The molecule has 3 rings (SSSR count). The molecule has 160 valence electrons. The second kappa shape index (κ2) is 11.0. The average Bonchev–Trinajstić information content (AvgIpc) is 2.78. The lowest BCUT2D eigenvalue weighted by atomic mass is 9.94. The molecule has 2 aromatic carbocycles. The van der Waals surface area contributed by atoms with Crippen LogP contribution in [0.15, 0.2) is 54.6 Å². The van der Waals surface area contributed by atoms with Gasteiger partial charge in [-0.2, -0.15) is 0 Å². The van der Waals surface area contributed by atoms with Crippen LogP contribution in [0.1, 0.15) is 62.1 Å². The molecule has 1 fully saturated rings. The molecule has 0 aromatic heterocycles. The quantitative estimate of drug-likeness (QED) is 0.685. The maximum atomic E-state index is 13.4. The molecule has 1 saturated carbocycles. The van der Waals surface area contributed by atoms with Gasteiger partial charge >= 0.3 is 0 Å². The Hall–Kier alpha value is -2.62. The van der Waals surface area contributed by atoms with E-state index < -0.39 is 6.04 Å². The molecule has 30 heavy (non-hydrogen) atoms. The molecular formula is C26H34N2O2. The van der Waals surface area contributed by atoms with Gasteiger partial charge in [0.15, 0.2) is 0 Å². The van der Waals surface area contributed by atoms with Crippen molar-refractivity contribution >= 4 is 11.8 Å². The van der Waals surface area contributed by atoms with Crippen LogP contribution >= 0.6 is 0 Å². The van der Waals surface area contributed by atoms with Crippen LogP contribution in [0, 0.1) is 6.92 Å². The number of carbonyl (C=O) groups is 2. The van der Waals surface area contributed by atoms with Crippen molar-refractivity contribution in [2.24, 2.45) is 0 Å². The third-order valence-electron chi connectivity index (χ3n) is 6.00. The third kappa shape index (κ3) is 6.19. The van der Waals surface area contributed by atoms with Gasteiger partial charge < -0.3 is 10.2 Å². The molecule has 0 aliphatic heterocycles. The van der Waals surface area contributed by atoms with Crippen LogP contribution in [0.3, 0.4) is 0 Å². The first-order chi connectivity index (χ1) is 14.6. The largest absolute Gasteiger partial charge is 0.352 e. The lowest BCUT2D eigenvalue weighted by molar-refractivity contribution is -0.141. The summed E-state index contributed by atoms with van der Waals surface area (Å²) in [6, 6.07) is 17.9. The number of rotatable bonds is 8. The minimum atomic E-state index is -0.511. The van der Waals surface area contributed by atoms with Crippen LogP contribution < -0.4 is 5.32 Å². The van der Waals surface area contributed by atoms with Gasteiger partial charge in [0.05, 0.1) is 0 Å². The van der Waals surface area contributed by atoms with E-state index in [0.717, 1.165) is 36.8 Å². The van der Waals surface area contributed by atoms with Gasteiger partial charge in [-0.15, -0.1) is 0 Å². The first-order valence-corrected chi connectivity index (χ1v) is 11.3. The van der Waals surface area contributed by atoms with Gasteiger partial charge in [-0.05, 0) is 30.9 Å². The number of nitrogens with one attached hydrogen (secondary N) is 1. The fourth-order valence-corrected chi connectivity index (χ4v) is 4.19. The summed E-state index contributed by atoms with van der Waals surface area (Å²) in [7, 11) is 0. The minimum Gasteiger partial charge on any atom is -0.352 e. The van der Waals surface area contributed by atoms with Crippen LogP contribution in [0.5, 0.6) is 0 Å². The average molecular weight is 407 g/mol. The summed E-state index contributed by atoms with van der Waals surface area (Å²) in [4.78, 5) is 28.1. The van der Waals surface area contributed by atoms with Crippen molar-refractivity contribution in [3.8, 4) is 0 Å². The standard InChI is InChI=1S/C26H34N2O2/c1-3-25(29)28(19-22-16-14-20(2)15-17-22)24(18-21-10-6-4-7-11-21)26(30)27-23-12-8-5-9-13-23/h4,6-7,10-11,14-17,23-24H,3,5,8-9,12-13,18-19H2,1-2H3,(H,27,30). The predicted molar refractivity (Wildman–Crippen MR) is 121 cm³/mol. The van der Waals surface area contributed by atoms with Crippen molar-refractivity contribution in [1.29, 1.82) is 0 Å². The molecule has 0 bridgehead atoms. The van der Waals surface area contributed by atoms with Gasteiger partial charge in [-0.3, -0.25) is 9.59 Å². The zero-order valence-electron chi connectivity index (χ0n) is 18.3.